The maximum absolute atomic E-state index is 13.5. The third-order valence-corrected chi connectivity index (χ3v) is 3.93. The minimum Gasteiger partial charge on any atom is -0.366 e. The SMILES string of the molecule is CCc1ccc(N(C)C(CN)c2cc(F)cc(Cl)c2)cc1. The van der Waals surface area contributed by atoms with Crippen molar-refractivity contribution in [2.75, 3.05) is 18.5 Å². The van der Waals surface area contributed by atoms with Crippen molar-refractivity contribution in [3.8, 4) is 0 Å². The van der Waals surface area contributed by atoms with Gasteiger partial charge in [0.25, 0.3) is 0 Å². The van der Waals surface area contributed by atoms with Crippen LogP contribution in [0.25, 0.3) is 0 Å². The second-order valence-corrected chi connectivity index (χ2v) is 5.52. The third kappa shape index (κ3) is 3.74. The zero-order chi connectivity index (χ0) is 15.4. The molecule has 2 aromatic carbocycles. The van der Waals surface area contributed by atoms with Crippen LogP contribution < -0.4 is 10.6 Å². The van der Waals surface area contributed by atoms with E-state index in [0.29, 0.717) is 11.6 Å². The quantitative estimate of drug-likeness (QED) is 0.898. The predicted molar refractivity (Wildman–Crippen MR) is 87.4 cm³/mol. The van der Waals surface area contributed by atoms with Gasteiger partial charge in [0, 0.05) is 24.3 Å². The molecule has 2 rings (SSSR count). The van der Waals surface area contributed by atoms with Crippen LogP contribution in [0.3, 0.4) is 0 Å². The molecular formula is C17H20ClFN2. The average molecular weight is 307 g/mol. The summed E-state index contributed by atoms with van der Waals surface area (Å²) in [6.07, 6.45) is 1.00. The summed E-state index contributed by atoms with van der Waals surface area (Å²) in [5.74, 6) is -0.342. The van der Waals surface area contributed by atoms with Gasteiger partial charge in [-0.2, -0.15) is 0 Å². The summed E-state index contributed by atoms with van der Waals surface area (Å²) in [4.78, 5) is 2.05. The van der Waals surface area contributed by atoms with Gasteiger partial charge in [0.15, 0.2) is 0 Å². The third-order valence-electron chi connectivity index (χ3n) is 3.71. The molecular weight excluding hydrogens is 287 g/mol. The molecule has 1 unspecified atom stereocenters. The molecule has 0 fully saturated rings. The first-order valence-electron chi connectivity index (χ1n) is 7.03. The molecule has 0 bridgehead atoms. The molecule has 0 amide bonds. The molecule has 0 spiro atoms. The Balaban J connectivity index is 2.30. The second-order valence-electron chi connectivity index (χ2n) is 5.09. The van der Waals surface area contributed by atoms with Crippen molar-refractivity contribution in [2.24, 2.45) is 5.73 Å². The van der Waals surface area contributed by atoms with Gasteiger partial charge in [-0.25, -0.2) is 4.39 Å². The number of anilines is 1. The van der Waals surface area contributed by atoms with Crippen LogP contribution in [0, 0.1) is 5.82 Å². The maximum atomic E-state index is 13.5. The highest BCUT2D eigenvalue weighted by Crippen LogP contribution is 2.27. The molecule has 112 valence electrons. The van der Waals surface area contributed by atoms with Crippen molar-refractivity contribution in [3.63, 3.8) is 0 Å². The molecule has 4 heteroatoms. The number of hydrogen-bond acceptors (Lipinski definition) is 2. The maximum Gasteiger partial charge on any atom is 0.125 e. The number of aryl methyl sites for hydroxylation is 1. The van der Waals surface area contributed by atoms with E-state index in [1.54, 1.807) is 6.07 Å². The molecule has 21 heavy (non-hydrogen) atoms. The standard InChI is InChI=1S/C17H20ClFN2/c1-3-12-4-6-16(7-5-12)21(2)17(11-20)13-8-14(18)10-15(19)9-13/h4-10,17H,3,11,20H2,1-2H3. The van der Waals surface area contributed by atoms with Crippen molar-refractivity contribution in [3.05, 3.63) is 64.4 Å². The van der Waals surface area contributed by atoms with Crippen molar-refractivity contribution in [2.45, 2.75) is 19.4 Å². The van der Waals surface area contributed by atoms with E-state index in [9.17, 15) is 4.39 Å². The summed E-state index contributed by atoms with van der Waals surface area (Å²) in [7, 11) is 1.96. The highest BCUT2D eigenvalue weighted by Gasteiger charge is 2.17. The lowest BCUT2D eigenvalue weighted by molar-refractivity contribution is 0.615. The molecule has 2 N–H and O–H groups in total. The molecule has 1 atom stereocenters. The van der Waals surface area contributed by atoms with Gasteiger partial charge in [-0.05, 0) is 47.9 Å². The van der Waals surface area contributed by atoms with E-state index in [4.69, 9.17) is 17.3 Å². The highest BCUT2D eigenvalue weighted by molar-refractivity contribution is 6.30. The van der Waals surface area contributed by atoms with Crippen molar-refractivity contribution >= 4 is 17.3 Å². The minimum atomic E-state index is -0.342. The lowest BCUT2D eigenvalue weighted by atomic mass is 10.0. The average Bonchev–Trinajstić information content (AvgIpc) is 2.47. The lowest BCUT2D eigenvalue weighted by Crippen LogP contribution is -2.30. The first-order chi connectivity index (χ1) is 10.0. The Morgan fingerprint density at radius 3 is 2.38 bits per heavy atom. The Labute approximate surface area is 130 Å². The fraction of sp³-hybridized carbons (Fsp3) is 0.294. The molecule has 0 aromatic heterocycles. The first-order valence-corrected chi connectivity index (χ1v) is 7.40. The van der Waals surface area contributed by atoms with Crippen LogP contribution in [-0.4, -0.2) is 13.6 Å². The van der Waals surface area contributed by atoms with Gasteiger partial charge in [-0.3, -0.25) is 0 Å². The smallest absolute Gasteiger partial charge is 0.125 e. The molecule has 0 aliphatic carbocycles. The van der Waals surface area contributed by atoms with Crippen LogP contribution >= 0.6 is 11.6 Å². The van der Waals surface area contributed by atoms with Gasteiger partial charge in [-0.1, -0.05) is 30.7 Å². The van der Waals surface area contributed by atoms with Crippen LogP contribution in [0.4, 0.5) is 10.1 Å². The van der Waals surface area contributed by atoms with Crippen molar-refractivity contribution in [1.29, 1.82) is 0 Å². The monoisotopic (exact) mass is 306 g/mol. The van der Waals surface area contributed by atoms with Gasteiger partial charge in [-0.15, -0.1) is 0 Å². The summed E-state index contributed by atoms with van der Waals surface area (Å²) in [5.41, 5.74) is 9.00. The highest BCUT2D eigenvalue weighted by atomic mass is 35.5. The van der Waals surface area contributed by atoms with Crippen LogP contribution in [0.15, 0.2) is 42.5 Å². The van der Waals surface area contributed by atoms with Gasteiger partial charge < -0.3 is 10.6 Å². The Bertz CT molecular complexity index is 578. The fourth-order valence-electron chi connectivity index (χ4n) is 2.43. The van der Waals surface area contributed by atoms with E-state index in [1.807, 2.05) is 11.9 Å². The second kappa shape index (κ2) is 6.92. The summed E-state index contributed by atoms with van der Waals surface area (Å²) in [5, 5.41) is 0.387. The van der Waals surface area contributed by atoms with Crippen molar-refractivity contribution < 1.29 is 4.39 Å². The normalized spacial score (nSPS) is 12.2. The fourth-order valence-corrected chi connectivity index (χ4v) is 2.66. The number of hydrogen-bond donors (Lipinski definition) is 1. The first kappa shape index (κ1) is 15.8. The molecule has 2 nitrogen and oxygen atoms in total. The molecule has 0 heterocycles. The minimum absolute atomic E-state index is 0.120. The topological polar surface area (TPSA) is 29.3 Å². The Hall–Kier alpha value is -1.58. The molecule has 0 radical (unpaired) electrons. The zero-order valence-corrected chi connectivity index (χ0v) is 13.1. The zero-order valence-electron chi connectivity index (χ0n) is 12.3. The van der Waals surface area contributed by atoms with E-state index in [1.165, 1.54) is 17.7 Å². The van der Waals surface area contributed by atoms with E-state index >= 15 is 0 Å². The van der Waals surface area contributed by atoms with E-state index < -0.39 is 0 Å². The molecule has 0 aliphatic heterocycles. The summed E-state index contributed by atoms with van der Waals surface area (Å²) in [6.45, 7) is 2.50. The van der Waals surface area contributed by atoms with Gasteiger partial charge >= 0.3 is 0 Å². The molecule has 0 aliphatic rings. The number of rotatable bonds is 5. The number of benzene rings is 2. The van der Waals surface area contributed by atoms with E-state index in [0.717, 1.165) is 17.7 Å². The predicted octanol–water partition coefficient (Wildman–Crippen LogP) is 4.18. The summed E-state index contributed by atoms with van der Waals surface area (Å²) < 4.78 is 13.5. The Morgan fingerprint density at radius 2 is 1.86 bits per heavy atom. The van der Waals surface area contributed by atoms with Crippen molar-refractivity contribution in [1.82, 2.24) is 0 Å². The van der Waals surface area contributed by atoms with Crippen LogP contribution in [-0.2, 0) is 6.42 Å². The Kier molecular flexibility index (Phi) is 5.21. The van der Waals surface area contributed by atoms with Crippen LogP contribution in [0.2, 0.25) is 5.02 Å². The van der Waals surface area contributed by atoms with Gasteiger partial charge in [0.05, 0.1) is 6.04 Å². The summed E-state index contributed by atoms with van der Waals surface area (Å²) >= 11 is 5.94. The number of halogens is 2. The van der Waals surface area contributed by atoms with Gasteiger partial charge in [0.2, 0.25) is 0 Å². The van der Waals surface area contributed by atoms with Crippen LogP contribution in [0.1, 0.15) is 24.1 Å². The van der Waals surface area contributed by atoms with Gasteiger partial charge in [0.1, 0.15) is 5.82 Å². The number of nitrogens with zero attached hydrogens (tertiary/aromatic N) is 1. The molecule has 2 aromatic rings. The number of likely N-dealkylation sites (N-methyl/N-ethyl adjacent to an activating group) is 1. The van der Waals surface area contributed by atoms with E-state index in [-0.39, 0.29) is 11.9 Å². The van der Waals surface area contributed by atoms with Crippen LogP contribution in [0.5, 0.6) is 0 Å². The molecule has 0 saturated heterocycles. The number of nitrogens with two attached hydrogens (primary N) is 1. The molecule has 0 saturated carbocycles. The lowest BCUT2D eigenvalue weighted by Gasteiger charge is -2.30. The largest absolute Gasteiger partial charge is 0.366 e. The van der Waals surface area contributed by atoms with E-state index in [2.05, 4.69) is 31.2 Å². The Morgan fingerprint density at radius 1 is 1.19 bits per heavy atom. The summed E-state index contributed by atoms with van der Waals surface area (Å²) in [6, 6.07) is 12.7.